The number of ether oxygens (including phenoxy) is 1. The summed E-state index contributed by atoms with van der Waals surface area (Å²) in [5.41, 5.74) is 3.79. The minimum Gasteiger partial charge on any atom is -0.504 e. The Bertz CT molecular complexity index is 356. The maximum atomic E-state index is 9.72. The summed E-state index contributed by atoms with van der Waals surface area (Å²) in [5.74, 6) is 0.927. The minimum absolute atomic E-state index is 0.283. The van der Waals surface area contributed by atoms with Gasteiger partial charge < -0.3 is 9.84 Å². The van der Waals surface area contributed by atoms with Gasteiger partial charge in [-0.2, -0.15) is 0 Å². The van der Waals surface area contributed by atoms with E-state index in [9.17, 15) is 5.11 Å². The zero-order valence-electron chi connectivity index (χ0n) is 8.76. The van der Waals surface area contributed by atoms with Gasteiger partial charge in [0.1, 0.15) is 0 Å². The van der Waals surface area contributed by atoms with E-state index in [0.29, 0.717) is 5.75 Å². The average molecular weight is 192 g/mol. The van der Waals surface area contributed by atoms with Crippen molar-refractivity contribution >= 4 is 0 Å². The highest BCUT2D eigenvalue weighted by molar-refractivity contribution is 5.53. The van der Waals surface area contributed by atoms with Crippen LogP contribution >= 0.6 is 0 Å². The predicted octanol–water partition coefficient (Wildman–Crippen LogP) is 2.59. The number of methoxy groups -OCH3 is 1. The van der Waals surface area contributed by atoms with E-state index in [1.54, 1.807) is 7.11 Å². The van der Waals surface area contributed by atoms with Crippen LogP contribution in [-0.4, -0.2) is 12.2 Å². The molecule has 0 saturated carbocycles. The number of phenolic OH excluding ortho intramolecular Hbond substituents is 1. The van der Waals surface area contributed by atoms with Crippen LogP contribution in [0.4, 0.5) is 0 Å². The first-order valence-corrected chi connectivity index (χ1v) is 5.12. The van der Waals surface area contributed by atoms with Gasteiger partial charge in [0.2, 0.25) is 0 Å². The number of fused-ring (bicyclic) bond motifs is 1. The smallest absolute Gasteiger partial charge is 0.163 e. The van der Waals surface area contributed by atoms with Crippen LogP contribution in [0, 0.1) is 6.92 Å². The van der Waals surface area contributed by atoms with Gasteiger partial charge >= 0.3 is 0 Å². The van der Waals surface area contributed by atoms with E-state index in [2.05, 4.69) is 0 Å². The average Bonchev–Trinajstić information content (AvgIpc) is 2.18. The highest BCUT2D eigenvalue weighted by Gasteiger charge is 2.17. The molecule has 1 aromatic rings. The summed E-state index contributed by atoms with van der Waals surface area (Å²) < 4.78 is 5.19. The summed E-state index contributed by atoms with van der Waals surface area (Å²) in [5, 5.41) is 9.72. The lowest BCUT2D eigenvalue weighted by atomic mass is 9.88. The Hall–Kier alpha value is -1.18. The number of rotatable bonds is 1. The Morgan fingerprint density at radius 2 is 2.00 bits per heavy atom. The SMILES string of the molecule is COc1c(O)cc2c(c1C)CCCC2. The lowest BCUT2D eigenvalue weighted by Gasteiger charge is -2.20. The van der Waals surface area contributed by atoms with Crippen molar-refractivity contribution in [1.82, 2.24) is 0 Å². The van der Waals surface area contributed by atoms with E-state index >= 15 is 0 Å². The van der Waals surface area contributed by atoms with Crippen LogP contribution in [0.1, 0.15) is 29.5 Å². The molecule has 0 bridgehead atoms. The molecule has 2 heteroatoms. The predicted molar refractivity (Wildman–Crippen MR) is 56.0 cm³/mol. The number of benzene rings is 1. The van der Waals surface area contributed by atoms with E-state index in [-0.39, 0.29) is 5.75 Å². The molecule has 0 aliphatic heterocycles. The second-order valence-electron chi connectivity index (χ2n) is 3.90. The normalized spacial score (nSPS) is 15.0. The van der Waals surface area contributed by atoms with Crippen LogP contribution in [-0.2, 0) is 12.8 Å². The highest BCUT2D eigenvalue weighted by atomic mass is 16.5. The van der Waals surface area contributed by atoms with Gasteiger partial charge in [-0.15, -0.1) is 0 Å². The van der Waals surface area contributed by atoms with Crippen LogP contribution in [0.15, 0.2) is 6.07 Å². The number of aryl methyl sites for hydroxylation is 1. The van der Waals surface area contributed by atoms with Crippen LogP contribution in [0.2, 0.25) is 0 Å². The van der Waals surface area contributed by atoms with E-state index in [1.165, 1.54) is 24.0 Å². The third kappa shape index (κ3) is 1.35. The van der Waals surface area contributed by atoms with Crippen molar-refractivity contribution in [2.75, 3.05) is 7.11 Å². The van der Waals surface area contributed by atoms with Crippen molar-refractivity contribution in [1.29, 1.82) is 0 Å². The second-order valence-corrected chi connectivity index (χ2v) is 3.90. The third-order valence-electron chi connectivity index (χ3n) is 3.05. The Morgan fingerprint density at radius 3 is 2.71 bits per heavy atom. The summed E-state index contributed by atoms with van der Waals surface area (Å²) in [7, 11) is 1.61. The van der Waals surface area contributed by atoms with Crippen LogP contribution in [0.25, 0.3) is 0 Å². The Labute approximate surface area is 84.5 Å². The number of hydrogen-bond donors (Lipinski definition) is 1. The second kappa shape index (κ2) is 3.52. The summed E-state index contributed by atoms with van der Waals surface area (Å²) >= 11 is 0. The summed E-state index contributed by atoms with van der Waals surface area (Å²) in [6.07, 6.45) is 4.70. The van der Waals surface area contributed by atoms with Crippen LogP contribution in [0.3, 0.4) is 0 Å². The van der Waals surface area contributed by atoms with Gasteiger partial charge in [-0.1, -0.05) is 0 Å². The first-order valence-electron chi connectivity index (χ1n) is 5.12. The molecule has 14 heavy (non-hydrogen) atoms. The Morgan fingerprint density at radius 1 is 1.29 bits per heavy atom. The molecular formula is C12H16O2. The standard InChI is InChI=1S/C12H16O2/c1-8-10-6-4-3-5-9(10)7-11(13)12(8)14-2/h7,13H,3-6H2,1-2H3. The fourth-order valence-corrected chi connectivity index (χ4v) is 2.33. The first-order chi connectivity index (χ1) is 6.74. The van der Waals surface area contributed by atoms with Crippen molar-refractivity contribution in [3.63, 3.8) is 0 Å². The Balaban J connectivity index is 2.57. The molecule has 0 heterocycles. The first kappa shape index (κ1) is 9.38. The van der Waals surface area contributed by atoms with Gasteiger partial charge in [0.25, 0.3) is 0 Å². The third-order valence-corrected chi connectivity index (χ3v) is 3.05. The molecule has 0 amide bonds. The van der Waals surface area contributed by atoms with Gasteiger partial charge in [-0.25, -0.2) is 0 Å². The van der Waals surface area contributed by atoms with Crippen molar-refractivity contribution in [2.24, 2.45) is 0 Å². The van der Waals surface area contributed by atoms with Gasteiger partial charge in [0.15, 0.2) is 11.5 Å². The van der Waals surface area contributed by atoms with E-state index in [1.807, 2.05) is 13.0 Å². The molecule has 1 aromatic carbocycles. The molecule has 0 radical (unpaired) electrons. The largest absolute Gasteiger partial charge is 0.504 e. The lowest BCUT2D eigenvalue weighted by molar-refractivity contribution is 0.369. The monoisotopic (exact) mass is 192 g/mol. The molecule has 1 N–H and O–H groups in total. The van der Waals surface area contributed by atoms with Crippen LogP contribution < -0.4 is 4.74 Å². The topological polar surface area (TPSA) is 29.5 Å². The summed E-state index contributed by atoms with van der Waals surface area (Å²) in [4.78, 5) is 0. The molecule has 0 atom stereocenters. The molecule has 0 aromatic heterocycles. The van der Waals surface area contributed by atoms with Gasteiger partial charge in [0.05, 0.1) is 7.11 Å². The molecule has 0 spiro atoms. The van der Waals surface area contributed by atoms with E-state index in [4.69, 9.17) is 4.74 Å². The number of aromatic hydroxyl groups is 1. The van der Waals surface area contributed by atoms with Gasteiger partial charge in [-0.05, 0) is 55.4 Å². The zero-order valence-corrected chi connectivity index (χ0v) is 8.76. The Kier molecular flexibility index (Phi) is 2.36. The molecule has 0 unspecified atom stereocenters. The maximum absolute atomic E-state index is 9.72. The summed E-state index contributed by atoms with van der Waals surface area (Å²) in [6.45, 7) is 2.03. The fourth-order valence-electron chi connectivity index (χ4n) is 2.33. The molecule has 2 nitrogen and oxygen atoms in total. The molecule has 2 rings (SSSR count). The van der Waals surface area contributed by atoms with Crippen molar-refractivity contribution in [3.8, 4) is 11.5 Å². The molecule has 1 aliphatic carbocycles. The van der Waals surface area contributed by atoms with Crippen molar-refractivity contribution in [2.45, 2.75) is 32.6 Å². The van der Waals surface area contributed by atoms with Crippen molar-refractivity contribution in [3.05, 3.63) is 22.8 Å². The fraction of sp³-hybridized carbons (Fsp3) is 0.500. The van der Waals surface area contributed by atoms with Gasteiger partial charge in [0, 0.05) is 0 Å². The maximum Gasteiger partial charge on any atom is 0.163 e. The molecule has 0 fully saturated rings. The van der Waals surface area contributed by atoms with E-state index < -0.39 is 0 Å². The number of phenols is 1. The molecule has 1 aliphatic rings. The highest BCUT2D eigenvalue weighted by Crippen LogP contribution is 2.37. The van der Waals surface area contributed by atoms with Crippen LogP contribution in [0.5, 0.6) is 11.5 Å². The molecule has 0 saturated heterocycles. The molecular weight excluding hydrogens is 176 g/mol. The van der Waals surface area contributed by atoms with E-state index in [0.717, 1.165) is 18.4 Å². The van der Waals surface area contributed by atoms with Gasteiger partial charge in [-0.3, -0.25) is 0 Å². The zero-order chi connectivity index (χ0) is 10.1. The summed E-state index contributed by atoms with van der Waals surface area (Å²) in [6, 6.07) is 1.86. The van der Waals surface area contributed by atoms with Crippen molar-refractivity contribution < 1.29 is 9.84 Å². The number of hydrogen-bond acceptors (Lipinski definition) is 2. The quantitative estimate of drug-likeness (QED) is 0.741. The minimum atomic E-state index is 0.283. The lowest BCUT2D eigenvalue weighted by Crippen LogP contribution is -2.06. The molecule has 76 valence electrons.